The van der Waals surface area contributed by atoms with Crippen LogP contribution in [0.2, 0.25) is 0 Å². The molecule has 0 aliphatic heterocycles. The molecule has 4 atom stereocenters. The highest BCUT2D eigenvalue weighted by Crippen LogP contribution is 2.66. The van der Waals surface area contributed by atoms with Gasteiger partial charge in [-0.15, -0.1) is 0 Å². The molecule has 0 heterocycles. The Morgan fingerprint density at radius 2 is 1.92 bits per heavy atom. The van der Waals surface area contributed by atoms with Gasteiger partial charge >= 0.3 is 11.9 Å². The van der Waals surface area contributed by atoms with Crippen molar-refractivity contribution in [2.75, 3.05) is 0 Å². The summed E-state index contributed by atoms with van der Waals surface area (Å²) in [7, 11) is 0. The van der Waals surface area contributed by atoms with E-state index in [1.165, 1.54) is 0 Å². The van der Waals surface area contributed by atoms with Crippen LogP contribution >= 0.6 is 0 Å². The molecule has 0 saturated heterocycles. The quantitative estimate of drug-likeness (QED) is 0.641. The molecule has 0 radical (unpaired) electrons. The lowest BCUT2D eigenvalue weighted by molar-refractivity contribution is -0.164. The van der Waals surface area contributed by atoms with E-state index in [0.29, 0.717) is 11.5 Å². The van der Waals surface area contributed by atoms with Gasteiger partial charge in [0.1, 0.15) is 6.10 Å². The molecule has 0 amide bonds. The van der Waals surface area contributed by atoms with Crippen molar-refractivity contribution in [1.82, 2.24) is 0 Å². The van der Waals surface area contributed by atoms with Crippen molar-refractivity contribution in [3.63, 3.8) is 0 Å². The van der Waals surface area contributed by atoms with Crippen molar-refractivity contribution < 1.29 is 19.4 Å². The van der Waals surface area contributed by atoms with E-state index in [-0.39, 0.29) is 16.9 Å². The van der Waals surface area contributed by atoms with Crippen LogP contribution in [-0.4, -0.2) is 23.1 Å². The smallest absolute Gasteiger partial charge is 0.325 e. The van der Waals surface area contributed by atoms with E-state index in [9.17, 15) is 14.7 Å². The van der Waals surface area contributed by atoms with Crippen LogP contribution in [0.15, 0.2) is 30.8 Å². The number of benzene rings is 1. The SMILES string of the molecule is C=Cc1ccc(C(C(=O)O)C(=O)OC2CC3CCC2(C)C3(C)C)cc1. The fraction of sp³-hybridized carbons (Fsp3) is 0.524. The van der Waals surface area contributed by atoms with Crippen molar-refractivity contribution >= 4 is 18.0 Å². The Morgan fingerprint density at radius 1 is 1.28 bits per heavy atom. The molecule has 2 saturated carbocycles. The number of fused-ring (bicyclic) bond motifs is 2. The standard InChI is InChI=1S/C21H26O4/c1-5-13-6-8-14(9-7-13)17(18(22)23)19(24)25-16-12-15-10-11-21(16,4)20(15,2)3/h5-9,15-17H,1,10-12H2,2-4H3,(H,22,23). The van der Waals surface area contributed by atoms with Gasteiger partial charge in [0.15, 0.2) is 5.92 Å². The number of esters is 1. The van der Waals surface area contributed by atoms with E-state index < -0.39 is 17.9 Å². The van der Waals surface area contributed by atoms with E-state index >= 15 is 0 Å². The van der Waals surface area contributed by atoms with Crippen molar-refractivity contribution in [1.29, 1.82) is 0 Å². The van der Waals surface area contributed by atoms with Gasteiger partial charge < -0.3 is 9.84 Å². The number of rotatable bonds is 5. The van der Waals surface area contributed by atoms with Gasteiger partial charge in [0, 0.05) is 5.41 Å². The van der Waals surface area contributed by atoms with Crippen LogP contribution in [-0.2, 0) is 14.3 Å². The zero-order valence-corrected chi connectivity index (χ0v) is 15.1. The van der Waals surface area contributed by atoms with Crippen LogP contribution in [0.5, 0.6) is 0 Å². The van der Waals surface area contributed by atoms with Gasteiger partial charge in [-0.3, -0.25) is 9.59 Å². The number of hydrogen-bond acceptors (Lipinski definition) is 3. The van der Waals surface area contributed by atoms with Crippen LogP contribution < -0.4 is 0 Å². The largest absolute Gasteiger partial charge is 0.480 e. The van der Waals surface area contributed by atoms with E-state index in [1.54, 1.807) is 30.3 Å². The van der Waals surface area contributed by atoms with Crippen LogP contribution in [0.3, 0.4) is 0 Å². The van der Waals surface area contributed by atoms with E-state index in [2.05, 4.69) is 27.4 Å². The Balaban J connectivity index is 1.80. The highest BCUT2D eigenvalue weighted by molar-refractivity contribution is 6.00. The molecule has 1 N–H and O–H groups in total. The highest BCUT2D eigenvalue weighted by Gasteiger charge is 2.63. The van der Waals surface area contributed by atoms with Crippen molar-refractivity contribution in [2.24, 2.45) is 16.7 Å². The number of carbonyl (C=O) groups is 2. The van der Waals surface area contributed by atoms with Crippen LogP contribution in [0.25, 0.3) is 6.08 Å². The molecule has 2 bridgehead atoms. The number of ether oxygens (including phenoxy) is 1. The Kier molecular flexibility index (Phi) is 4.26. The van der Waals surface area contributed by atoms with Gasteiger partial charge in [0.25, 0.3) is 0 Å². The van der Waals surface area contributed by atoms with Crippen molar-refractivity contribution in [3.05, 3.63) is 42.0 Å². The third kappa shape index (κ3) is 2.68. The van der Waals surface area contributed by atoms with E-state index in [0.717, 1.165) is 24.8 Å². The fourth-order valence-corrected chi connectivity index (χ4v) is 4.72. The highest BCUT2D eigenvalue weighted by atomic mass is 16.5. The molecule has 4 nitrogen and oxygen atoms in total. The third-order valence-corrected chi connectivity index (χ3v) is 6.96. The number of carbonyl (C=O) groups excluding carboxylic acids is 1. The molecule has 4 unspecified atom stereocenters. The average molecular weight is 342 g/mol. The second-order valence-electron chi connectivity index (χ2n) is 8.18. The molecule has 2 aliphatic rings. The van der Waals surface area contributed by atoms with E-state index in [1.807, 2.05) is 0 Å². The van der Waals surface area contributed by atoms with Gasteiger partial charge in [-0.05, 0) is 41.7 Å². The molecule has 2 fully saturated rings. The molecule has 2 aliphatic carbocycles. The van der Waals surface area contributed by atoms with E-state index in [4.69, 9.17) is 4.74 Å². The first kappa shape index (κ1) is 17.7. The lowest BCUT2D eigenvalue weighted by Crippen LogP contribution is -2.40. The minimum Gasteiger partial charge on any atom is -0.480 e. The Morgan fingerprint density at radius 3 is 2.36 bits per heavy atom. The molecule has 1 aromatic carbocycles. The summed E-state index contributed by atoms with van der Waals surface area (Å²) in [6, 6.07) is 6.83. The summed E-state index contributed by atoms with van der Waals surface area (Å²) in [6.45, 7) is 10.3. The maximum Gasteiger partial charge on any atom is 0.325 e. The maximum absolute atomic E-state index is 12.7. The number of hydrogen-bond donors (Lipinski definition) is 1. The third-order valence-electron chi connectivity index (χ3n) is 6.96. The molecule has 4 heteroatoms. The summed E-state index contributed by atoms with van der Waals surface area (Å²) < 4.78 is 5.78. The minimum absolute atomic E-state index is 0.0803. The van der Waals surface area contributed by atoms with Gasteiger partial charge in [-0.2, -0.15) is 0 Å². The summed E-state index contributed by atoms with van der Waals surface area (Å²) in [6.07, 6.45) is 4.48. The fourth-order valence-electron chi connectivity index (χ4n) is 4.72. The zero-order valence-electron chi connectivity index (χ0n) is 15.1. The monoisotopic (exact) mass is 342 g/mol. The lowest BCUT2D eigenvalue weighted by Gasteiger charge is -2.38. The van der Waals surface area contributed by atoms with Crippen LogP contribution in [0.4, 0.5) is 0 Å². The minimum atomic E-state index is -1.29. The average Bonchev–Trinajstić information content (AvgIpc) is 2.88. The molecule has 134 valence electrons. The first-order valence-electron chi connectivity index (χ1n) is 8.86. The summed E-state index contributed by atoms with van der Waals surface area (Å²) in [5, 5.41) is 9.58. The molecular formula is C21H26O4. The van der Waals surface area contributed by atoms with Crippen LogP contribution in [0.1, 0.15) is 57.1 Å². The van der Waals surface area contributed by atoms with Gasteiger partial charge in [0.2, 0.25) is 0 Å². The summed E-state index contributed by atoms with van der Waals surface area (Å²) in [5.74, 6) is -2.59. The van der Waals surface area contributed by atoms with Gasteiger partial charge in [-0.1, -0.05) is 57.7 Å². The topological polar surface area (TPSA) is 63.6 Å². The molecule has 3 rings (SSSR count). The lowest BCUT2D eigenvalue weighted by atomic mass is 9.70. The molecule has 0 spiro atoms. The molecular weight excluding hydrogens is 316 g/mol. The van der Waals surface area contributed by atoms with Crippen molar-refractivity contribution in [3.8, 4) is 0 Å². The van der Waals surface area contributed by atoms with Gasteiger partial charge in [-0.25, -0.2) is 0 Å². The normalized spacial score (nSPS) is 30.7. The summed E-state index contributed by atoms with van der Waals surface area (Å²) in [5.41, 5.74) is 1.35. The first-order chi connectivity index (χ1) is 11.7. The molecule has 0 aromatic heterocycles. The Bertz CT molecular complexity index is 703. The second kappa shape index (κ2) is 6.01. The zero-order chi connectivity index (χ0) is 18.4. The van der Waals surface area contributed by atoms with Crippen LogP contribution in [0, 0.1) is 16.7 Å². The second-order valence-corrected chi connectivity index (χ2v) is 8.18. The first-order valence-corrected chi connectivity index (χ1v) is 8.86. The summed E-state index contributed by atoms with van der Waals surface area (Å²) >= 11 is 0. The molecule has 25 heavy (non-hydrogen) atoms. The number of aliphatic carboxylic acids is 1. The maximum atomic E-state index is 12.7. The predicted octanol–water partition coefficient (Wildman–Crippen LogP) is 4.26. The predicted molar refractivity (Wildman–Crippen MR) is 96.0 cm³/mol. The Hall–Kier alpha value is -2.10. The van der Waals surface area contributed by atoms with Gasteiger partial charge in [0.05, 0.1) is 0 Å². The number of carboxylic acids is 1. The summed E-state index contributed by atoms with van der Waals surface area (Å²) in [4.78, 5) is 24.4. The Labute approximate surface area is 148 Å². The molecule has 1 aromatic rings. The number of carboxylic acid groups (broad SMARTS) is 1. The van der Waals surface area contributed by atoms with Crippen molar-refractivity contribution in [2.45, 2.75) is 52.1 Å².